The van der Waals surface area contributed by atoms with Crippen molar-refractivity contribution < 1.29 is 4.43 Å². The molecule has 0 aliphatic carbocycles. The molecular weight excluding hydrogens is 511 g/mol. The third-order valence-corrected chi connectivity index (χ3v) is 9.99. The lowest BCUT2D eigenvalue weighted by Crippen LogP contribution is -2.37. The van der Waals surface area contributed by atoms with Crippen molar-refractivity contribution in [3.05, 3.63) is 120 Å². The molecular formula is C35H41NOSSi. The Kier molecular flexibility index (Phi) is 8.66. The Morgan fingerprint density at radius 3 is 1.95 bits per heavy atom. The van der Waals surface area contributed by atoms with E-state index in [4.69, 9.17) is 4.43 Å². The number of unbranched alkanes of at least 4 members (excludes halogenated alkanes) is 3. The molecule has 4 heteroatoms. The van der Waals surface area contributed by atoms with Crippen molar-refractivity contribution in [3.8, 4) is 0 Å². The molecule has 0 radical (unpaired) electrons. The van der Waals surface area contributed by atoms with E-state index >= 15 is 0 Å². The number of anilines is 2. The second-order valence-corrected chi connectivity index (χ2v) is 15.4. The van der Waals surface area contributed by atoms with E-state index in [0.717, 1.165) is 6.54 Å². The Labute approximate surface area is 241 Å². The summed E-state index contributed by atoms with van der Waals surface area (Å²) in [5, 5.41) is 0.148. The molecule has 1 aliphatic rings. The normalized spacial score (nSPS) is 13.5. The predicted molar refractivity (Wildman–Crippen MR) is 170 cm³/mol. The zero-order chi connectivity index (χ0) is 27.3. The fourth-order valence-electron chi connectivity index (χ4n) is 5.46. The molecule has 0 saturated heterocycles. The van der Waals surface area contributed by atoms with Crippen LogP contribution in [0.4, 0.5) is 11.4 Å². The lowest BCUT2D eigenvalue weighted by Gasteiger charge is -2.42. The van der Waals surface area contributed by atoms with Crippen molar-refractivity contribution in [1.29, 1.82) is 0 Å². The van der Waals surface area contributed by atoms with Gasteiger partial charge in [0.15, 0.2) is 9.76 Å². The van der Waals surface area contributed by atoms with Crippen molar-refractivity contribution in [3.63, 3.8) is 0 Å². The fourth-order valence-corrected chi connectivity index (χ4v) is 7.85. The number of fused-ring (bicyclic) bond motifs is 2. The monoisotopic (exact) mass is 551 g/mol. The Balaban J connectivity index is 1.73. The van der Waals surface area contributed by atoms with Gasteiger partial charge in [-0.15, -0.1) is 0 Å². The molecule has 0 bridgehead atoms. The average Bonchev–Trinajstić information content (AvgIpc) is 2.96. The molecule has 1 aliphatic heterocycles. The highest BCUT2D eigenvalue weighted by atomic mass is 32.2. The van der Waals surface area contributed by atoms with E-state index in [1.54, 1.807) is 0 Å². The second kappa shape index (κ2) is 12.2. The lowest BCUT2D eigenvalue weighted by molar-refractivity contribution is 0.154. The first-order valence-corrected chi connectivity index (χ1v) is 16.5. The molecule has 1 heterocycles. The average molecular weight is 552 g/mol. The SMILES string of the molecule is CCCCCCN1c2ccccc2Sc2c1cccc2C(O[SiH2]C(C)(C)C)(c1ccccc1)c1ccccc1. The summed E-state index contributed by atoms with van der Waals surface area (Å²) in [7, 11) is -0.925. The minimum atomic E-state index is -0.925. The van der Waals surface area contributed by atoms with Crippen LogP contribution in [0.5, 0.6) is 0 Å². The maximum absolute atomic E-state index is 7.36. The summed E-state index contributed by atoms with van der Waals surface area (Å²) in [5.74, 6) is 0. The maximum Gasteiger partial charge on any atom is 0.169 e. The fraction of sp³-hybridized carbons (Fsp3) is 0.314. The van der Waals surface area contributed by atoms with Crippen molar-refractivity contribution in [2.75, 3.05) is 11.4 Å². The van der Waals surface area contributed by atoms with Gasteiger partial charge in [0.25, 0.3) is 0 Å². The summed E-state index contributed by atoms with van der Waals surface area (Å²) in [6.45, 7) is 10.2. The van der Waals surface area contributed by atoms with E-state index in [9.17, 15) is 0 Å². The molecule has 0 amide bonds. The standard InChI is InChI=1S/C35H41NOSSi/c1-5-6-7-16-26-36-30-23-14-15-25-32(30)38-33-29(22-17-24-31(33)36)35(37-39-34(2,3)4,27-18-10-8-11-19-27)28-20-12-9-13-21-28/h8-15,17-25H,5-7,16,26,39H2,1-4H3. The van der Waals surface area contributed by atoms with Crippen LogP contribution in [0.3, 0.4) is 0 Å². The van der Waals surface area contributed by atoms with Gasteiger partial charge in [0.05, 0.1) is 11.4 Å². The molecule has 5 rings (SSSR count). The molecule has 0 aromatic heterocycles. The zero-order valence-corrected chi connectivity index (χ0v) is 26.1. The minimum Gasteiger partial charge on any atom is -0.406 e. The van der Waals surface area contributed by atoms with E-state index < -0.39 is 15.4 Å². The summed E-state index contributed by atoms with van der Waals surface area (Å²) >= 11 is 1.90. The number of hydrogen-bond acceptors (Lipinski definition) is 3. The Hall–Kier alpha value is -2.79. The highest BCUT2D eigenvalue weighted by Crippen LogP contribution is 2.54. The van der Waals surface area contributed by atoms with Crippen LogP contribution in [-0.4, -0.2) is 16.3 Å². The van der Waals surface area contributed by atoms with Crippen LogP contribution in [0.25, 0.3) is 0 Å². The van der Waals surface area contributed by atoms with Crippen LogP contribution in [0.1, 0.15) is 70.1 Å². The van der Waals surface area contributed by atoms with E-state index in [1.807, 2.05) is 11.8 Å². The molecule has 202 valence electrons. The van der Waals surface area contributed by atoms with Crippen LogP contribution >= 0.6 is 11.8 Å². The number of hydrogen-bond donors (Lipinski definition) is 0. The van der Waals surface area contributed by atoms with Crippen LogP contribution < -0.4 is 4.90 Å². The Morgan fingerprint density at radius 2 is 1.31 bits per heavy atom. The predicted octanol–water partition coefficient (Wildman–Crippen LogP) is 9.48. The number of para-hydroxylation sites is 1. The molecule has 0 fully saturated rings. The van der Waals surface area contributed by atoms with Crippen molar-refractivity contribution >= 4 is 32.9 Å². The van der Waals surface area contributed by atoms with Gasteiger partial charge in [-0.1, -0.05) is 144 Å². The summed E-state index contributed by atoms with van der Waals surface area (Å²) in [6, 6.07) is 37.5. The summed E-state index contributed by atoms with van der Waals surface area (Å²) < 4.78 is 7.36. The molecule has 0 unspecified atom stereocenters. The van der Waals surface area contributed by atoms with Gasteiger partial charge < -0.3 is 9.33 Å². The van der Waals surface area contributed by atoms with Gasteiger partial charge in [-0.2, -0.15) is 0 Å². The van der Waals surface area contributed by atoms with E-state index in [0.29, 0.717) is 0 Å². The largest absolute Gasteiger partial charge is 0.406 e. The Bertz CT molecular complexity index is 1330. The molecule has 4 aromatic carbocycles. The van der Waals surface area contributed by atoms with Gasteiger partial charge >= 0.3 is 0 Å². The molecule has 2 nitrogen and oxygen atoms in total. The van der Waals surface area contributed by atoms with E-state index in [-0.39, 0.29) is 5.04 Å². The van der Waals surface area contributed by atoms with E-state index in [2.05, 4.69) is 136 Å². The van der Waals surface area contributed by atoms with Crippen molar-refractivity contribution in [1.82, 2.24) is 0 Å². The number of nitrogens with zero attached hydrogens (tertiary/aromatic N) is 1. The first-order valence-electron chi connectivity index (χ1n) is 14.4. The molecule has 0 N–H and O–H groups in total. The molecule has 39 heavy (non-hydrogen) atoms. The zero-order valence-electron chi connectivity index (χ0n) is 23.8. The topological polar surface area (TPSA) is 12.5 Å². The molecule has 0 spiro atoms. The van der Waals surface area contributed by atoms with Gasteiger partial charge in [0.1, 0.15) is 5.60 Å². The molecule has 0 saturated carbocycles. The summed E-state index contributed by atoms with van der Waals surface area (Å²) in [6.07, 6.45) is 4.98. The van der Waals surface area contributed by atoms with Crippen LogP contribution in [0, 0.1) is 0 Å². The molecule has 0 atom stereocenters. The highest BCUT2D eigenvalue weighted by molar-refractivity contribution is 7.99. The minimum absolute atomic E-state index is 0.148. The smallest absolute Gasteiger partial charge is 0.169 e. The summed E-state index contributed by atoms with van der Waals surface area (Å²) in [5.41, 5.74) is 5.56. The van der Waals surface area contributed by atoms with Crippen molar-refractivity contribution in [2.24, 2.45) is 0 Å². The lowest BCUT2D eigenvalue weighted by atomic mass is 9.80. The van der Waals surface area contributed by atoms with Gasteiger partial charge in [0.2, 0.25) is 0 Å². The van der Waals surface area contributed by atoms with Crippen LogP contribution in [0.15, 0.2) is 113 Å². The van der Waals surface area contributed by atoms with Gasteiger partial charge in [0, 0.05) is 21.9 Å². The van der Waals surface area contributed by atoms with Crippen LogP contribution in [0.2, 0.25) is 5.04 Å². The van der Waals surface area contributed by atoms with Gasteiger partial charge in [-0.05, 0) is 40.8 Å². The number of benzene rings is 4. The first kappa shape index (κ1) is 27.8. The third-order valence-electron chi connectivity index (χ3n) is 7.35. The molecule has 4 aromatic rings. The Morgan fingerprint density at radius 1 is 0.692 bits per heavy atom. The highest BCUT2D eigenvalue weighted by Gasteiger charge is 2.42. The van der Waals surface area contributed by atoms with Gasteiger partial charge in [-0.3, -0.25) is 0 Å². The van der Waals surface area contributed by atoms with E-state index in [1.165, 1.54) is 63.5 Å². The first-order chi connectivity index (χ1) is 18.9. The quantitative estimate of drug-likeness (QED) is 0.111. The third kappa shape index (κ3) is 5.89. The second-order valence-electron chi connectivity index (χ2n) is 11.7. The summed E-state index contributed by atoms with van der Waals surface area (Å²) in [4.78, 5) is 5.18. The van der Waals surface area contributed by atoms with Crippen LogP contribution in [-0.2, 0) is 10.0 Å². The van der Waals surface area contributed by atoms with Gasteiger partial charge in [-0.25, -0.2) is 0 Å². The number of rotatable bonds is 10. The maximum atomic E-state index is 7.36. The van der Waals surface area contributed by atoms with Crippen molar-refractivity contribution in [2.45, 2.75) is 73.8 Å².